The summed E-state index contributed by atoms with van der Waals surface area (Å²) in [6.45, 7) is 1.87. The molecule has 0 bridgehead atoms. The van der Waals surface area contributed by atoms with E-state index in [4.69, 9.17) is 10.2 Å². The van der Waals surface area contributed by atoms with Crippen LogP contribution in [0.25, 0.3) is 11.0 Å². The van der Waals surface area contributed by atoms with Crippen LogP contribution in [0.5, 0.6) is 0 Å². The molecule has 2 rings (SSSR count). The van der Waals surface area contributed by atoms with E-state index in [1.54, 1.807) is 24.3 Å². The Morgan fingerprint density at radius 1 is 1.37 bits per heavy atom. The van der Waals surface area contributed by atoms with Crippen molar-refractivity contribution in [3.8, 4) is 0 Å². The molecule has 0 saturated carbocycles. The summed E-state index contributed by atoms with van der Waals surface area (Å²) in [4.78, 5) is 22.7. The van der Waals surface area contributed by atoms with E-state index < -0.39 is 0 Å². The Hall–Kier alpha value is -2.14. The summed E-state index contributed by atoms with van der Waals surface area (Å²) in [5, 5.41) is 3.56. The van der Waals surface area contributed by atoms with E-state index in [0.29, 0.717) is 24.1 Å². The third-order valence-corrected chi connectivity index (χ3v) is 2.73. The largest absolute Gasteiger partial charge is 0.423 e. The molecule has 2 aromatic rings. The van der Waals surface area contributed by atoms with Crippen LogP contribution in [0, 0.1) is 0 Å². The molecule has 0 spiro atoms. The Bertz CT molecular complexity index is 646. The van der Waals surface area contributed by atoms with E-state index in [1.165, 1.54) is 6.07 Å². The molecule has 5 nitrogen and oxygen atoms in total. The van der Waals surface area contributed by atoms with Crippen molar-refractivity contribution in [2.45, 2.75) is 25.8 Å². The SMILES string of the molecule is CC(N)CCC(=O)Nc1ccc2oc(=O)ccc2c1. The van der Waals surface area contributed by atoms with Gasteiger partial charge in [-0.1, -0.05) is 0 Å². The molecule has 1 amide bonds. The van der Waals surface area contributed by atoms with Crippen LogP contribution in [0.2, 0.25) is 0 Å². The highest BCUT2D eigenvalue weighted by molar-refractivity contribution is 5.93. The number of rotatable bonds is 4. The van der Waals surface area contributed by atoms with Crippen LogP contribution in [0.15, 0.2) is 39.5 Å². The van der Waals surface area contributed by atoms with Gasteiger partial charge in [0.05, 0.1) is 0 Å². The maximum absolute atomic E-state index is 11.7. The maximum Gasteiger partial charge on any atom is 0.336 e. The van der Waals surface area contributed by atoms with Gasteiger partial charge in [0.25, 0.3) is 0 Å². The van der Waals surface area contributed by atoms with Gasteiger partial charge < -0.3 is 15.5 Å². The molecule has 0 aliphatic carbocycles. The number of hydrogen-bond donors (Lipinski definition) is 2. The van der Waals surface area contributed by atoms with Crippen molar-refractivity contribution in [1.29, 1.82) is 0 Å². The molecule has 0 aliphatic heterocycles. The zero-order valence-corrected chi connectivity index (χ0v) is 10.7. The molecular formula is C14H16N2O3. The van der Waals surface area contributed by atoms with E-state index in [-0.39, 0.29) is 17.6 Å². The van der Waals surface area contributed by atoms with E-state index in [9.17, 15) is 9.59 Å². The molecular weight excluding hydrogens is 244 g/mol. The van der Waals surface area contributed by atoms with Crippen LogP contribution < -0.4 is 16.7 Å². The second-order valence-electron chi connectivity index (χ2n) is 4.57. The Morgan fingerprint density at radius 3 is 2.89 bits per heavy atom. The van der Waals surface area contributed by atoms with E-state index >= 15 is 0 Å². The number of carbonyl (C=O) groups is 1. The van der Waals surface area contributed by atoms with Crippen LogP contribution in [0.3, 0.4) is 0 Å². The van der Waals surface area contributed by atoms with Crippen molar-refractivity contribution in [3.05, 3.63) is 40.8 Å². The van der Waals surface area contributed by atoms with Gasteiger partial charge in [0, 0.05) is 29.6 Å². The van der Waals surface area contributed by atoms with Crippen molar-refractivity contribution in [3.63, 3.8) is 0 Å². The van der Waals surface area contributed by atoms with Crippen LogP contribution >= 0.6 is 0 Å². The van der Waals surface area contributed by atoms with Gasteiger partial charge in [0.15, 0.2) is 0 Å². The Morgan fingerprint density at radius 2 is 2.16 bits per heavy atom. The molecule has 1 atom stereocenters. The average Bonchev–Trinajstić information content (AvgIpc) is 2.36. The van der Waals surface area contributed by atoms with Crippen LogP contribution in [-0.4, -0.2) is 11.9 Å². The summed E-state index contributed by atoms with van der Waals surface area (Å²) in [6.07, 6.45) is 1.04. The summed E-state index contributed by atoms with van der Waals surface area (Å²) in [6, 6.07) is 8.16. The fourth-order valence-corrected chi connectivity index (χ4v) is 1.73. The van der Waals surface area contributed by atoms with Crippen molar-refractivity contribution in [1.82, 2.24) is 0 Å². The highest BCUT2D eigenvalue weighted by Gasteiger charge is 2.05. The van der Waals surface area contributed by atoms with Gasteiger partial charge >= 0.3 is 5.63 Å². The molecule has 19 heavy (non-hydrogen) atoms. The van der Waals surface area contributed by atoms with Gasteiger partial charge in [-0.2, -0.15) is 0 Å². The number of benzene rings is 1. The van der Waals surface area contributed by atoms with E-state index in [1.807, 2.05) is 6.92 Å². The minimum atomic E-state index is -0.388. The average molecular weight is 260 g/mol. The maximum atomic E-state index is 11.7. The summed E-state index contributed by atoms with van der Waals surface area (Å²) in [5.41, 5.74) is 6.39. The summed E-state index contributed by atoms with van der Waals surface area (Å²) < 4.78 is 5.02. The van der Waals surface area contributed by atoms with Gasteiger partial charge in [0.2, 0.25) is 5.91 Å². The molecule has 0 aliphatic rings. The third-order valence-electron chi connectivity index (χ3n) is 2.73. The minimum Gasteiger partial charge on any atom is -0.423 e. The summed E-state index contributed by atoms with van der Waals surface area (Å²) in [7, 11) is 0. The second kappa shape index (κ2) is 5.67. The molecule has 3 N–H and O–H groups in total. The number of anilines is 1. The molecule has 5 heteroatoms. The van der Waals surface area contributed by atoms with Crippen LogP contribution in [0.4, 0.5) is 5.69 Å². The Balaban J connectivity index is 2.11. The number of amides is 1. The zero-order valence-electron chi connectivity index (χ0n) is 10.7. The van der Waals surface area contributed by atoms with Crippen LogP contribution in [-0.2, 0) is 4.79 Å². The minimum absolute atomic E-state index is 0.0108. The molecule has 0 fully saturated rings. The lowest BCUT2D eigenvalue weighted by Crippen LogP contribution is -2.19. The fourth-order valence-electron chi connectivity index (χ4n) is 1.73. The molecule has 1 aromatic heterocycles. The van der Waals surface area contributed by atoms with E-state index in [0.717, 1.165) is 5.39 Å². The van der Waals surface area contributed by atoms with Crippen LogP contribution in [0.1, 0.15) is 19.8 Å². The highest BCUT2D eigenvalue weighted by Crippen LogP contribution is 2.17. The van der Waals surface area contributed by atoms with Crippen molar-refractivity contribution in [2.75, 3.05) is 5.32 Å². The Kier molecular flexibility index (Phi) is 3.97. The standard InChI is InChI=1S/C14H16N2O3/c1-9(15)2-6-13(17)16-11-4-5-12-10(8-11)3-7-14(18)19-12/h3-5,7-9H,2,6,15H2,1H3,(H,16,17). The molecule has 1 unspecified atom stereocenters. The number of fused-ring (bicyclic) bond motifs is 1. The second-order valence-corrected chi connectivity index (χ2v) is 4.57. The predicted octanol–water partition coefficient (Wildman–Crippen LogP) is 1.86. The predicted molar refractivity (Wildman–Crippen MR) is 74.0 cm³/mol. The zero-order chi connectivity index (χ0) is 13.8. The normalized spacial score (nSPS) is 12.3. The molecule has 1 heterocycles. The number of nitrogens with one attached hydrogen (secondary N) is 1. The summed E-state index contributed by atoms with van der Waals surface area (Å²) in [5.74, 6) is -0.0750. The van der Waals surface area contributed by atoms with Crippen molar-refractivity contribution in [2.24, 2.45) is 5.73 Å². The first kappa shape index (κ1) is 13.3. The van der Waals surface area contributed by atoms with Crippen molar-refractivity contribution < 1.29 is 9.21 Å². The first-order valence-corrected chi connectivity index (χ1v) is 6.14. The van der Waals surface area contributed by atoms with Gasteiger partial charge in [-0.25, -0.2) is 4.79 Å². The first-order valence-electron chi connectivity index (χ1n) is 6.14. The lowest BCUT2D eigenvalue weighted by Gasteiger charge is -2.07. The molecule has 100 valence electrons. The van der Waals surface area contributed by atoms with Gasteiger partial charge in [0.1, 0.15) is 5.58 Å². The van der Waals surface area contributed by atoms with Gasteiger partial charge in [-0.05, 0) is 37.6 Å². The highest BCUT2D eigenvalue weighted by atomic mass is 16.4. The lowest BCUT2D eigenvalue weighted by molar-refractivity contribution is -0.116. The van der Waals surface area contributed by atoms with Crippen molar-refractivity contribution >= 4 is 22.6 Å². The third kappa shape index (κ3) is 3.66. The molecule has 1 aromatic carbocycles. The lowest BCUT2D eigenvalue weighted by atomic mass is 10.2. The number of carbonyl (C=O) groups excluding carboxylic acids is 1. The topological polar surface area (TPSA) is 85.3 Å². The smallest absolute Gasteiger partial charge is 0.336 e. The Labute approximate surface area is 110 Å². The quantitative estimate of drug-likeness (QED) is 0.822. The first-order chi connectivity index (χ1) is 9.04. The van der Waals surface area contributed by atoms with Gasteiger partial charge in [-0.15, -0.1) is 0 Å². The molecule has 0 saturated heterocycles. The monoisotopic (exact) mass is 260 g/mol. The summed E-state index contributed by atoms with van der Waals surface area (Å²) >= 11 is 0. The fraction of sp³-hybridized carbons (Fsp3) is 0.286. The number of hydrogen-bond acceptors (Lipinski definition) is 4. The molecule has 0 radical (unpaired) electrons. The van der Waals surface area contributed by atoms with Gasteiger partial charge in [-0.3, -0.25) is 4.79 Å². The number of nitrogens with two attached hydrogens (primary N) is 1. The van der Waals surface area contributed by atoms with E-state index in [2.05, 4.69) is 5.32 Å².